The Balaban J connectivity index is 4.16. The molecule has 0 heterocycles. The second-order valence-corrected chi connectivity index (χ2v) is 6.41. The molecule has 0 aromatic carbocycles. The summed E-state index contributed by atoms with van der Waals surface area (Å²) in [7, 11) is -1.97. The van der Waals surface area contributed by atoms with Crippen molar-refractivity contribution in [1.82, 2.24) is 0 Å². The van der Waals surface area contributed by atoms with E-state index in [-0.39, 0.29) is 12.2 Å². The highest BCUT2D eigenvalue weighted by Crippen LogP contribution is 2.33. The molecule has 0 rings (SSSR count). The minimum absolute atomic E-state index is 0.0945. The third kappa shape index (κ3) is 10.8. The third-order valence-electron chi connectivity index (χ3n) is 3.45. The molecule has 0 amide bonds. The molecule has 0 aromatic rings. The smallest absolute Gasteiger partial charge is 0.116 e. The molecule has 2 atom stereocenters. The van der Waals surface area contributed by atoms with E-state index in [9.17, 15) is 4.57 Å². The van der Waals surface area contributed by atoms with Gasteiger partial charge in [0.2, 0.25) is 0 Å². The van der Waals surface area contributed by atoms with Crippen LogP contribution in [-0.4, -0.2) is 12.2 Å². The topological polar surface area (TPSA) is 35.5 Å². The van der Waals surface area contributed by atoms with Crippen molar-refractivity contribution in [3.8, 4) is 0 Å². The van der Waals surface area contributed by atoms with Crippen LogP contribution in [-0.2, 0) is 13.6 Å². The second kappa shape index (κ2) is 14.0. The largest absolute Gasteiger partial charge is 0.697 e. The first kappa shape index (κ1) is 20.0. The van der Waals surface area contributed by atoms with Crippen LogP contribution in [0.5, 0.6) is 0 Å². The molecule has 0 aliphatic heterocycles. The van der Waals surface area contributed by atoms with E-state index in [1.54, 1.807) is 0 Å². The van der Waals surface area contributed by atoms with E-state index in [4.69, 9.17) is 9.05 Å². The molecule has 20 heavy (non-hydrogen) atoms. The van der Waals surface area contributed by atoms with Gasteiger partial charge in [0.1, 0.15) is 12.2 Å². The van der Waals surface area contributed by atoms with Gasteiger partial charge in [-0.15, -0.1) is 9.05 Å². The Morgan fingerprint density at radius 2 is 1.10 bits per heavy atom. The van der Waals surface area contributed by atoms with Crippen molar-refractivity contribution in [2.45, 2.75) is 104 Å². The number of hydrogen-bond acceptors (Lipinski definition) is 3. The summed E-state index contributed by atoms with van der Waals surface area (Å²) in [4.78, 5) is 0. The SMILES string of the molecule is CCCCC(CCC)O[P+](=O)OC(CCC)CCCC. The molecule has 0 aliphatic rings. The van der Waals surface area contributed by atoms with E-state index in [0.717, 1.165) is 64.2 Å². The van der Waals surface area contributed by atoms with E-state index in [1.165, 1.54) is 0 Å². The Bertz CT molecular complexity index is 212. The van der Waals surface area contributed by atoms with Crippen LogP contribution in [0.15, 0.2) is 0 Å². The van der Waals surface area contributed by atoms with Gasteiger partial charge in [-0.2, -0.15) is 0 Å². The van der Waals surface area contributed by atoms with E-state index >= 15 is 0 Å². The van der Waals surface area contributed by atoms with Crippen molar-refractivity contribution < 1.29 is 13.6 Å². The maximum absolute atomic E-state index is 12.0. The summed E-state index contributed by atoms with van der Waals surface area (Å²) in [5.74, 6) is 0. The molecule has 0 fully saturated rings. The van der Waals surface area contributed by atoms with Crippen molar-refractivity contribution in [3.05, 3.63) is 0 Å². The van der Waals surface area contributed by atoms with Crippen molar-refractivity contribution in [3.63, 3.8) is 0 Å². The van der Waals surface area contributed by atoms with Gasteiger partial charge in [-0.25, -0.2) is 0 Å². The zero-order valence-corrected chi connectivity index (χ0v) is 14.8. The molecule has 0 saturated carbocycles. The first-order valence-electron chi connectivity index (χ1n) is 8.48. The number of rotatable bonds is 14. The standard InChI is InChI=1S/C16H34O3P/c1-5-9-13-15(11-7-3)18-20(17)19-16(12-8-4)14-10-6-2/h15-16H,5-14H2,1-4H3/q+1. The molecule has 0 aromatic heterocycles. The van der Waals surface area contributed by atoms with Crippen LogP contribution in [0.25, 0.3) is 0 Å². The molecule has 0 bridgehead atoms. The highest BCUT2D eigenvalue weighted by molar-refractivity contribution is 7.33. The molecule has 2 unspecified atom stereocenters. The molecule has 0 aliphatic carbocycles. The Morgan fingerprint density at radius 1 is 0.700 bits per heavy atom. The van der Waals surface area contributed by atoms with Gasteiger partial charge in [0.05, 0.1) is 0 Å². The summed E-state index contributed by atoms with van der Waals surface area (Å²) >= 11 is 0. The molecule has 4 heteroatoms. The Kier molecular flexibility index (Phi) is 14.0. The summed E-state index contributed by atoms with van der Waals surface area (Å²) in [6, 6.07) is 0. The molecule has 0 spiro atoms. The van der Waals surface area contributed by atoms with Crippen molar-refractivity contribution in [2.24, 2.45) is 0 Å². The predicted molar refractivity (Wildman–Crippen MR) is 86.2 cm³/mol. The molecule has 3 nitrogen and oxygen atoms in total. The summed E-state index contributed by atoms with van der Waals surface area (Å²) < 4.78 is 23.3. The maximum atomic E-state index is 12.0. The monoisotopic (exact) mass is 305 g/mol. The van der Waals surface area contributed by atoms with E-state index in [0.29, 0.717) is 0 Å². The zero-order valence-electron chi connectivity index (χ0n) is 13.9. The lowest BCUT2D eigenvalue weighted by atomic mass is 10.1. The maximum Gasteiger partial charge on any atom is 0.697 e. The molecule has 120 valence electrons. The summed E-state index contributed by atoms with van der Waals surface area (Å²) in [5.41, 5.74) is 0. The Morgan fingerprint density at radius 3 is 1.40 bits per heavy atom. The van der Waals surface area contributed by atoms with Gasteiger partial charge in [0.25, 0.3) is 0 Å². The van der Waals surface area contributed by atoms with Crippen molar-refractivity contribution in [1.29, 1.82) is 0 Å². The highest BCUT2D eigenvalue weighted by atomic mass is 31.1. The van der Waals surface area contributed by atoms with Gasteiger partial charge in [-0.1, -0.05) is 66.2 Å². The van der Waals surface area contributed by atoms with Gasteiger partial charge in [-0.3, -0.25) is 0 Å². The van der Waals surface area contributed by atoms with Crippen LogP contribution in [0.1, 0.15) is 91.9 Å². The first-order chi connectivity index (χ1) is 9.67. The average Bonchev–Trinajstić information content (AvgIpc) is 2.42. The van der Waals surface area contributed by atoms with E-state index < -0.39 is 8.25 Å². The summed E-state index contributed by atoms with van der Waals surface area (Å²) in [6.45, 7) is 8.61. The molecule has 0 N–H and O–H groups in total. The quantitative estimate of drug-likeness (QED) is 0.348. The zero-order chi connectivity index (χ0) is 15.2. The second-order valence-electron chi connectivity index (χ2n) is 5.54. The fourth-order valence-corrected chi connectivity index (χ4v) is 3.23. The lowest BCUT2D eigenvalue weighted by Gasteiger charge is -2.11. The van der Waals surface area contributed by atoms with Gasteiger partial charge in [0.15, 0.2) is 0 Å². The fourth-order valence-electron chi connectivity index (χ4n) is 2.28. The fraction of sp³-hybridized carbons (Fsp3) is 1.00. The summed E-state index contributed by atoms with van der Waals surface area (Å²) in [5, 5.41) is 0. The predicted octanol–water partition coefficient (Wildman–Crippen LogP) is 6.39. The average molecular weight is 305 g/mol. The van der Waals surface area contributed by atoms with Crippen LogP contribution in [0, 0.1) is 0 Å². The van der Waals surface area contributed by atoms with Crippen molar-refractivity contribution >= 4 is 8.25 Å². The molecule has 0 radical (unpaired) electrons. The number of unbranched alkanes of at least 4 members (excludes halogenated alkanes) is 2. The summed E-state index contributed by atoms with van der Waals surface area (Å²) in [6.07, 6.45) is 10.8. The van der Waals surface area contributed by atoms with Gasteiger partial charge in [-0.05, 0) is 25.7 Å². The van der Waals surface area contributed by atoms with Crippen molar-refractivity contribution in [2.75, 3.05) is 0 Å². The lowest BCUT2D eigenvalue weighted by Crippen LogP contribution is -2.13. The van der Waals surface area contributed by atoms with Gasteiger partial charge in [0, 0.05) is 4.57 Å². The van der Waals surface area contributed by atoms with Crippen LogP contribution in [0.3, 0.4) is 0 Å². The van der Waals surface area contributed by atoms with Gasteiger partial charge >= 0.3 is 8.25 Å². The normalized spacial score (nSPS) is 15.1. The van der Waals surface area contributed by atoms with Crippen LogP contribution < -0.4 is 0 Å². The minimum atomic E-state index is -1.97. The van der Waals surface area contributed by atoms with E-state index in [2.05, 4.69) is 27.7 Å². The Labute approximate surface area is 126 Å². The van der Waals surface area contributed by atoms with Gasteiger partial charge < -0.3 is 0 Å². The Hall–Kier alpha value is 0.0200. The highest BCUT2D eigenvalue weighted by Gasteiger charge is 2.30. The minimum Gasteiger partial charge on any atom is -0.116 e. The van der Waals surface area contributed by atoms with Crippen LogP contribution >= 0.6 is 8.25 Å². The van der Waals surface area contributed by atoms with E-state index in [1.807, 2.05) is 0 Å². The first-order valence-corrected chi connectivity index (χ1v) is 9.58. The molecular formula is C16H34O3P+. The number of hydrogen-bond donors (Lipinski definition) is 0. The van der Waals surface area contributed by atoms with Crippen LogP contribution in [0.2, 0.25) is 0 Å². The lowest BCUT2D eigenvalue weighted by molar-refractivity contribution is 0.109. The molecular weight excluding hydrogens is 271 g/mol. The third-order valence-corrected chi connectivity index (χ3v) is 4.39. The van der Waals surface area contributed by atoms with Crippen LogP contribution in [0.4, 0.5) is 0 Å². The molecule has 0 saturated heterocycles.